The van der Waals surface area contributed by atoms with E-state index in [-0.39, 0.29) is 11.9 Å². The van der Waals surface area contributed by atoms with Gasteiger partial charge in [0.05, 0.1) is 19.6 Å². The van der Waals surface area contributed by atoms with Crippen molar-refractivity contribution in [3.8, 4) is 5.75 Å². The Balaban J connectivity index is 1.58. The number of rotatable bonds is 7. The quantitative estimate of drug-likeness (QED) is 0.798. The van der Waals surface area contributed by atoms with E-state index in [4.69, 9.17) is 4.74 Å². The maximum Gasteiger partial charge on any atom is 0.224 e. The molecule has 2 heterocycles. The van der Waals surface area contributed by atoms with Gasteiger partial charge in [-0.15, -0.1) is 0 Å². The molecule has 0 radical (unpaired) electrons. The summed E-state index contributed by atoms with van der Waals surface area (Å²) in [5.74, 6) is 0.887. The summed E-state index contributed by atoms with van der Waals surface area (Å²) in [4.78, 5) is 15.0. The Labute approximate surface area is 160 Å². The zero-order valence-corrected chi connectivity index (χ0v) is 16.3. The molecule has 1 amide bonds. The Morgan fingerprint density at radius 1 is 1.15 bits per heavy atom. The predicted octanol–water partition coefficient (Wildman–Crippen LogP) is 4.03. The molecule has 1 N–H and O–H groups in total. The van der Waals surface area contributed by atoms with Crippen molar-refractivity contribution in [2.75, 3.05) is 26.7 Å². The molecular formula is C21H28N2O2S. The topological polar surface area (TPSA) is 41.6 Å². The monoisotopic (exact) mass is 372 g/mol. The van der Waals surface area contributed by atoms with Gasteiger partial charge in [-0.2, -0.15) is 11.3 Å². The summed E-state index contributed by atoms with van der Waals surface area (Å²) in [6.07, 6.45) is 5.54. The molecule has 1 aliphatic rings. The molecule has 3 rings (SSSR count). The Bertz CT molecular complexity index is 662. The predicted molar refractivity (Wildman–Crippen MR) is 107 cm³/mol. The summed E-state index contributed by atoms with van der Waals surface area (Å²) in [5, 5.41) is 7.50. The van der Waals surface area contributed by atoms with Crippen LogP contribution in [0.25, 0.3) is 0 Å². The van der Waals surface area contributed by atoms with Crippen molar-refractivity contribution in [1.82, 2.24) is 10.2 Å². The van der Waals surface area contributed by atoms with Crippen molar-refractivity contribution in [3.05, 3.63) is 52.2 Å². The third kappa shape index (κ3) is 5.32. The van der Waals surface area contributed by atoms with Crippen molar-refractivity contribution in [2.24, 2.45) is 0 Å². The summed E-state index contributed by atoms with van der Waals surface area (Å²) >= 11 is 1.73. The molecule has 1 aromatic heterocycles. The SMILES string of the molecule is COc1ccc(CC(=O)NCC(c2ccsc2)N2CCCCCC2)cc1. The summed E-state index contributed by atoms with van der Waals surface area (Å²) < 4.78 is 5.17. The number of hydrogen-bond acceptors (Lipinski definition) is 4. The number of hydrogen-bond donors (Lipinski definition) is 1. The van der Waals surface area contributed by atoms with Crippen molar-refractivity contribution < 1.29 is 9.53 Å². The van der Waals surface area contributed by atoms with Gasteiger partial charge in [-0.25, -0.2) is 0 Å². The van der Waals surface area contributed by atoms with E-state index in [0.717, 1.165) is 24.4 Å². The fourth-order valence-corrected chi connectivity index (χ4v) is 4.24. The van der Waals surface area contributed by atoms with E-state index in [9.17, 15) is 4.79 Å². The van der Waals surface area contributed by atoms with Gasteiger partial charge < -0.3 is 10.1 Å². The molecule has 5 heteroatoms. The van der Waals surface area contributed by atoms with Gasteiger partial charge in [-0.1, -0.05) is 25.0 Å². The zero-order valence-electron chi connectivity index (χ0n) is 15.4. The van der Waals surface area contributed by atoms with Crippen LogP contribution in [0.3, 0.4) is 0 Å². The fourth-order valence-electron chi connectivity index (χ4n) is 3.53. The highest BCUT2D eigenvalue weighted by Crippen LogP contribution is 2.25. The molecule has 26 heavy (non-hydrogen) atoms. The number of thiophene rings is 1. The van der Waals surface area contributed by atoms with Crippen LogP contribution in [0, 0.1) is 0 Å². The molecule has 1 fully saturated rings. The molecule has 4 nitrogen and oxygen atoms in total. The van der Waals surface area contributed by atoms with E-state index in [1.807, 2.05) is 24.3 Å². The largest absolute Gasteiger partial charge is 0.497 e. The Kier molecular flexibility index (Phi) is 7.09. The highest BCUT2D eigenvalue weighted by molar-refractivity contribution is 7.07. The highest BCUT2D eigenvalue weighted by atomic mass is 32.1. The number of nitrogens with one attached hydrogen (secondary N) is 1. The third-order valence-corrected chi connectivity index (χ3v) is 5.73. The van der Waals surface area contributed by atoms with Crippen LogP contribution in [0.5, 0.6) is 5.75 Å². The van der Waals surface area contributed by atoms with Gasteiger partial charge >= 0.3 is 0 Å². The number of benzene rings is 1. The molecule has 2 aromatic rings. The maximum atomic E-state index is 12.4. The second-order valence-electron chi connectivity index (χ2n) is 6.85. The first-order valence-electron chi connectivity index (χ1n) is 9.42. The van der Waals surface area contributed by atoms with Gasteiger partial charge in [0.2, 0.25) is 5.91 Å². The Morgan fingerprint density at radius 3 is 2.50 bits per heavy atom. The smallest absolute Gasteiger partial charge is 0.224 e. The molecule has 140 valence electrons. The summed E-state index contributed by atoms with van der Waals surface area (Å²) in [6.45, 7) is 2.91. The van der Waals surface area contributed by atoms with Gasteiger partial charge in [0, 0.05) is 6.54 Å². The second-order valence-corrected chi connectivity index (χ2v) is 7.63. The normalized spacial score (nSPS) is 16.7. The van der Waals surface area contributed by atoms with Crippen LogP contribution < -0.4 is 10.1 Å². The first-order valence-corrected chi connectivity index (χ1v) is 10.4. The van der Waals surface area contributed by atoms with Crippen LogP contribution in [-0.4, -0.2) is 37.6 Å². The van der Waals surface area contributed by atoms with Crippen LogP contribution in [0.4, 0.5) is 0 Å². The summed E-state index contributed by atoms with van der Waals surface area (Å²) in [7, 11) is 1.65. The molecule has 1 unspecified atom stereocenters. The van der Waals surface area contributed by atoms with E-state index in [2.05, 4.69) is 27.0 Å². The van der Waals surface area contributed by atoms with Crippen molar-refractivity contribution in [1.29, 1.82) is 0 Å². The average Bonchev–Trinajstić information content (AvgIpc) is 3.05. The van der Waals surface area contributed by atoms with Gasteiger partial charge in [0.1, 0.15) is 5.75 Å². The van der Waals surface area contributed by atoms with E-state index in [1.165, 1.54) is 31.2 Å². The number of ether oxygens (including phenoxy) is 1. The van der Waals surface area contributed by atoms with Gasteiger partial charge in [0.25, 0.3) is 0 Å². The van der Waals surface area contributed by atoms with E-state index in [0.29, 0.717) is 13.0 Å². The molecule has 0 saturated carbocycles. The number of likely N-dealkylation sites (tertiary alicyclic amines) is 1. The molecule has 1 atom stereocenters. The first-order chi connectivity index (χ1) is 12.8. The van der Waals surface area contributed by atoms with Crippen molar-refractivity contribution in [2.45, 2.75) is 38.1 Å². The minimum Gasteiger partial charge on any atom is -0.497 e. The van der Waals surface area contributed by atoms with Crippen LogP contribution in [0.15, 0.2) is 41.1 Å². The fraction of sp³-hybridized carbons (Fsp3) is 0.476. The molecule has 0 aliphatic carbocycles. The van der Waals surface area contributed by atoms with Crippen LogP contribution in [-0.2, 0) is 11.2 Å². The lowest BCUT2D eigenvalue weighted by atomic mass is 10.1. The highest BCUT2D eigenvalue weighted by Gasteiger charge is 2.22. The van der Waals surface area contributed by atoms with Gasteiger partial charge in [0.15, 0.2) is 0 Å². The number of carbonyl (C=O) groups excluding carboxylic acids is 1. The van der Waals surface area contributed by atoms with Gasteiger partial charge in [-0.3, -0.25) is 9.69 Å². The lowest BCUT2D eigenvalue weighted by Crippen LogP contribution is -2.39. The average molecular weight is 373 g/mol. The lowest BCUT2D eigenvalue weighted by molar-refractivity contribution is -0.120. The number of carbonyl (C=O) groups is 1. The van der Waals surface area contributed by atoms with Crippen LogP contribution in [0.1, 0.15) is 42.9 Å². The maximum absolute atomic E-state index is 12.4. The molecule has 1 saturated heterocycles. The molecular weight excluding hydrogens is 344 g/mol. The lowest BCUT2D eigenvalue weighted by Gasteiger charge is -2.30. The molecule has 0 bridgehead atoms. The minimum atomic E-state index is 0.0743. The van der Waals surface area contributed by atoms with E-state index < -0.39 is 0 Å². The van der Waals surface area contributed by atoms with Crippen LogP contribution >= 0.6 is 11.3 Å². The van der Waals surface area contributed by atoms with Crippen molar-refractivity contribution >= 4 is 17.2 Å². The molecule has 1 aliphatic heterocycles. The van der Waals surface area contributed by atoms with Crippen LogP contribution in [0.2, 0.25) is 0 Å². The van der Waals surface area contributed by atoms with Crippen molar-refractivity contribution in [3.63, 3.8) is 0 Å². The van der Waals surface area contributed by atoms with E-state index in [1.54, 1.807) is 18.4 Å². The standard InChI is InChI=1S/C21H28N2O2S/c1-25-19-8-6-17(7-9-19)14-21(24)22-15-20(18-10-13-26-16-18)23-11-4-2-3-5-12-23/h6-10,13,16,20H,2-5,11-12,14-15H2,1H3,(H,22,24). The van der Waals surface area contributed by atoms with Gasteiger partial charge in [-0.05, 0) is 66.0 Å². The zero-order chi connectivity index (χ0) is 18.2. The number of nitrogens with zero attached hydrogens (tertiary/aromatic N) is 1. The summed E-state index contributed by atoms with van der Waals surface area (Å²) in [5.41, 5.74) is 2.33. The molecule has 0 spiro atoms. The number of methoxy groups -OCH3 is 1. The number of amides is 1. The third-order valence-electron chi connectivity index (χ3n) is 5.03. The minimum absolute atomic E-state index is 0.0743. The first kappa shape index (κ1) is 18.9. The Hall–Kier alpha value is -1.85. The summed E-state index contributed by atoms with van der Waals surface area (Å²) in [6, 6.07) is 10.2. The Morgan fingerprint density at radius 2 is 1.88 bits per heavy atom. The second kappa shape index (κ2) is 9.74. The molecule has 1 aromatic carbocycles. The van der Waals surface area contributed by atoms with E-state index >= 15 is 0 Å².